The molecule has 0 radical (unpaired) electrons. The molecule has 10 heteroatoms. The molecule has 26 heavy (non-hydrogen) atoms. The average Bonchev–Trinajstić information content (AvgIpc) is 3.02. The standard InChI is InChI=1S/C16H12F3N3O3S/c17-16(18,19)10-5-6-11(12(8-10)22(24)25)20-21-15(23)14-7-9-3-1-2-4-13(9)26-14/h1-6,8,14,20H,7H2,(H,21,23). The van der Waals surface area contributed by atoms with Crippen molar-refractivity contribution in [3.05, 3.63) is 63.7 Å². The van der Waals surface area contributed by atoms with Crippen LogP contribution in [0.4, 0.5) is 24.5 Å². The first-order valence-corrected chi connectivity index (χ1v) is 8.30. The van der Waals surface area contributed by atoms with Crippen molar-refractivity contribution in [1.82, 2.24) is 5.43 Å². The van der Waals surface area contributed by atoms with E-state index in [9.17, 15) is 28.1 Å². The van der Waals surface area contributed by atoms with Gasteiger partial charge in [0.2, 0.25) is 0 Å². The molecule has 2 N–H and O–H groups in total. The molecule has 2 aromatic rings. The van der Waals surface area contributed by atoms with Crippen LogP contribution in [0.2, 0.25) is 0 Å². The van der Waals surface area contributed by atoms with Crippen molar-refractivity contribution in [3.63, 3.8) is 0 Å². The fourth-order valence-electron chi connectivity index (χ4n) is 2.50. The number of amides is 1. The summed E-state index contributed by atoms with van der Waals surface area (Å²) < 4.78 is 38.1. The van der Waals surface area contributed by atoms with Gasteiger partial charge in [-0.2, -0.15) is 13.2 Å². The van der Waals surface area contributed by atoms with Crippen LogP contribution in [-0.2, 0) is 17.4 Å². The summed E-state index contributed by atoms with van der Waals surface area (Å²) in [4.78, 5) is 23.3. The zero-order valence-electron chi connectivity index (χ0n) is 13.0. The van der Waals surface area contributed by atoms with E-state index in [1.165, 1.54) is 11.8 Å². The highest BCUT2D eigenvalue weighted by Gasteiger charge is 2.33. The second kappa shape index (κ2) is 6.87. The topological polar surface area (TPSA) is 84.3 Å². The van der Waals surface area contributed by atoms with Crippen LogP contribution in [0, 0.1) is 10.1 Å². The molecule has 136 valence electrons. The fraction of sp³-hybridized carbons (Fsp3) is 0.188. The first kappa shape index (κ1) is 18.1. The molecule has 3 rings (SSSR count). The third-order valence-electron chi connectivity index (χ3n) is 3.78. The molecule has 1 amide bonds. The summed E-state index contributed by atoms with van der Waals surface area (Å²) in [6, 6.07) is 9.57. The average molecular weight is 383 g/mol. The number of hydrogen-bond acceptors (Lipinski definition) is 5. The van der Waals surface area contributed by atoms with Crippen molar-refractivity contribution >= 4 is 29.0 Å². The molecule has 1 atom stereocenters. The Morgan fingerprint density at radius 1 is 1.23 bits per heavy atom. The Morgan fingerprint density at radius 2 is 1.96 bits per heavy atom. The van der Waals surface area contributed by atoms with E-state index < -0.39 is 33.5 Å². The molecule has 0 aromatic heterocycles. The van der Waals surface area contributed by atoms with Crippen LogP contribution in [-0.4, -0.2) is 16.1 Å². The summed E-state index contributed by atoms with van der Waals surface area (Å²) in [7, 11) is 0. The Labute approximate surface area is 149 Å². The van der Waals surface area contributed by atoms with Gasteiger partial charge in [-0.05, 0) is 30.2 Å². The highest BCUT2D eigenvalue weighted by atomic mass is 32.2. The molecule has 0 spiro atoms. The van der Waals surface area contributed by atoms with Gasteiger partial charge in [-0.15, -0.1) is 11.8 Å². The second-order valence-corrected chi connectivity index (χ2v) is 6.76. The van der Waals surface area contributed by atoms with Crippen molar-refractivity contribution in [2.24, 2.45) is 0 Å². The van der Waals surface area contributed by atoms with Crippen LogP contribution >= 0.6 is 11.8 Å². The summed E-state index contributed by atoms with van der Waals surface area (Å²) in [6.07, 6.45) is -4.19. The van der Waals surface area contributed by atoms with E-state index in [1.807, 2.05) is 24.3 Å². The van der Waals surface area contributed by atoms with Crippen LogP contribution in [0.5, 0.6) is 0 Å². The van der Waals surface area contributed by atoms with Crippen LogP contribution in [0.25, 0.3) is 0 Å². The molecule has 0 bridgehead atoms. The fourth-order valence-corrected chi connectivity index (χ4v) is 3.70. The molecule has 6 nitrogen and oxygen atoms in total. The van der Waals surface area contributed by atoms with Crippen molar-refractivity contribution in [3.8, 4) is 0 Å². The summed E-state index contributed by atoms with van der Waals surface area (Å²) >= 11 is 1.36. The zero-order chi connectivity index (χ0) is 18.9. The number of carbonyl (C=O) groups is 1. The van der Waals surface area contributed by atoms with Crippen molar-refractivity contribution in [2.45, 2.75) is 22.7 Å². The Hall–Kier alpha value is -2.75. The molecule has 0 aliphatic carbocycles. The zero-order valence-corrected chi connectivity index (χ0v) is 13.9. The maximum Gasteiger partial charge on any atom is 0.416 e. The number of hydrazine groups is 1. The Morgan fingerprint density at radius 3 is 2.62 bits per heavy atom. The van der Waals surface area contributed by atoms with Crippen LogP contribution in [0.1, 0.15) is 11.1 Å². The lowest BCUT2D eigenvalue weighted by Crippen LogP contribution is -2.36. The number of thioether (sulfide) groups is 1. The highest BCUT2D eigenvalue weighted by Crippen LogP contribution is 2.37. The van der Waals surface area contributed by atoms with Crippen LogP contribution in [0.15, 0.2) is 47.4 Å². The first-order valence-electron chi connectivity index (χ1n) is 7.42. The number of halogens is 3. The minimum Gasteiger partial charge on any atom is -0.292 e. The maximum absolute atomic E-state index is 12.7. The molecular formula is C16H12F3N3O3S. The van der Waals surface area contributed by atoms with Gasteiger partial charge < -0.3 is 0 Å². The number of fused-ring (bicyclic) bond motifs is 1. The van der Waals surface area contributed by atoms with Gasteiger partial charge in [0.15, 0.2) is 0 Å². The number of nitrogens with zero attached hydrogens (tertiary/aromatic N) is 1. The largest absolute Gasteiger partial charge is 0.416 e. The molecule has 0 fully saturated rings. The third kappa shape index (κ3) is 3.74. The predicted octanol–water partition coefficient (Wildman–Crippen LogP) is 3.77. The van der Waals surface area contributed by atoms with Crippen molar-refractivity contribution in [2.75, 3.05) is 5.43 Å². The predicted molar refractivity (Wildman–Crippen MR) is 89.7 cm³/mol. The molecule has 1 aliphatic rings. The smallest absolute Gasteiger partial charge is 0.292 e. The number of nitro groups is 1. The number of anilines is 1. The van der Waals surface area contributed by atoms with Gasteiger partial charge in [0, 0.05) is 11.0 Å². The van der Waals surface area contributed by atoms with E-state index in [-0.39, 0.29) is 5.69 Å². The second-order valence-electron chi connectivity index (χ2n) is 5.52. The number of hydrogen-bond donors (Lipinski definition) is 2. The van der Waals surface area contributed by atoms with Gasteiger partial charge >= 0.3 is 6.18 Å². The van der Waals surface area contributed by atoms with Crippen LogP contribution < -0.4 is 10.9 Å². The monoisotopic (exact) mass is 383 g/mol. The molecule has 0 saturated carbocycles. The number of carbonyl (C=O) groups excluding carboxylic acids is 1. The van der Waals surface area contributed by atoms with Crippen molar-refractivity contribution in [1.29, 1.82) is 0 Å². The minimum absolute atomic E-state index is 0.225. The molecule has 1 aliphatic heterocycles. The Kier molecular flexibility index (Phi) is 4.77. The summed E-state index contributed by atoms with van der Waals surface area (Å²) in [5.74, 6) is -0.416. The number of rotatable bonds is 4. The van der Waals surface area contributed by atoms with Gasteiger partial charge in [-0.3, -0.25) is 25.8 Å². The van der Waals surface area contributed by atoms with Crippen molar-refractivity contribution < 1.29 is 22.9 Å². The molecule has 1 heterocycles. The molecule has 0 saturated heterocycles. The highest BCUT2D eigenvalue weighted by molar-refractivity contribution is 8.01. The van der Waals surface area contributed by atoms with E-state index in [2.05, 4.69) is 10.9 Å². The maximum atomic E-state index is 12.7. The summed E-state index contributed by atoms with van der Waals surface area (Å²) in [5, 5.41) is 10.6. The van der Waals surface area contributed by atoms with Crippen LogP contribution in [0.3, 0.4) is 0 Å². The summed E-state index contributed by atoms with van der Waals surface area (Å²) in [6.45, 7) is 0. The number of nitro benzene ring substituents is 1. The van der Waals surface area contributed by atoms with Gasteiger partial charge in [0.05, 0.1) is 15.7 Å². The Balaban J connectivity index is 1.70. The quantitative estimate of drug-likeness (QED) is 0.620. The number of nitrogens with one attached hydrogen (secondary N) is 2. The van der Waals surface area contributed by atoms with E-state index in [0.29, 0.717) is 18.6 Å². The van der Waals surface area contributed by atoms with E-state index >= 15 is 0 Å². The van der Waals surface area contributed by atoms with E-state index in [1.54, 1.807) is 0 Å². The lowest BCUT2D eigenvalue weighted by atomic mass is 10.1. The normalized spacial score (nSPS) is 16.0. The molecular weight excluding hydrogens is 371 g/mol. The molecule has 1 unspecified atom stereocenters. The van der Waals surface area contributed by atoms with E-state index in [4.69, 9.17) is 0 Å². The third-order valence-corrected chi connectivity index (χ3v) is 5.10. The molecule has 2 aromatic carbocycles. The lowest BCUT2D eigenvalue weighted by molar-refractivity contribution is -0.384. The summed E-state index contributed by atoms with van der Waals surface area (Å²) in [5.41, 5.74) is 3.58. The lowest BCUT2D eigenvalue weighted by Gasteiger charge is -2.13. The van der Waals surface area contributed by atoms with E-state index in [0.717, 1.165) is 16.5 Å². The SMILES string of the molecule is O=C(NNc1ccc(C(F)(F)F)cc1[N+](=O)[O-])C1Cc2ccccc2S1. The van der Waals surface area contributed by atoms with Gasteiger partial charge in [0.25, 0.3) is 11.6 Å². The van der Waals surface area contributed by atoms with Gasteiger partial charge in [0.1, 0.15) is 5.69 Å². The number of benzene rings is 2. The Bertz CT molecular complexity index is 848. The minimum atomic E-state index is -4.70. The number of alkyl halides is 3. The van der Waals surface area contributed by atoms with Gasteiger partial charge in [-0.1, -0.05) is 18.2 Å². The first-order chi connectivity index (χ1) is 12.3. The van der Waals surface area contributed by atoms with Gasteiger partial charge in [-0.25, -0.2) is 0 Å².